The molecule has 2 saturated heterocycles. The molecule has 2 aromatic heterocycles. The molecule has 4 rings (SSSR count). The predicted molar refractivity (Wildman–Crippen MR) is 101 cm³/mol. The summed E-state index contributed by atoms with van der Waals surface area (Å²) >= 11 is 0. The lowest BCUT2D eigenvalue weighted by Gasteiger charge is -2.47. The zero-order chi connectivity index (χ0) is 23.3. The van der Waals surface area contributed by atoms with Crippen LogP contribution in [-0.4, -0.2) is 86.5 Å². The van der Waals surface area contributed by atoms with Gasteiger partial charge in [-0.15, -0.1) is 0 Å². The van der Waals surface area contributed by atoms with Crippen LogP contribution in [-0.2, 0) is 16.0 Å². The highest BCUT2D eigenvalue weighted by atomic mass is 19.4. The third-order valence-corrected chi connectivity index (χ3v) is 5.27. The number of alkyl halides is 3. The molecule has 32 heavy (non-hydrogen) atoms. The SMILES string of the molecule is O=C(CCc1nc(-c2ccoc2)no1)N1CC(N2CCC(O)CC2)C1.O=C(O)C(F)(F)F. The summed E-state index contributed by atoms with van der Waals surface area (Å²) in [6, 6.07) is 2.20. The van der Waals surface area contributed by atoms with Gasteiger partial charge in [-0.05, 0) is 18.9 Å². The van der Waals surface area contributed by atoms with Crippen molar-refractivity contribution in [3.05, 3.63) is 24.5 Å². The molecule has 0 spiro atoms. The molecule has 0 radical (unpaired) electrons. The Labute approximate surface area is 180 Å². The molecular formula is C19H23F3N4O6. The van der Waals surface area contributed by atoms with Crippen LogP contribution in [0.4, 0.5) is 13.2 Å². The van der Waals surface area contributed by atoms with Gasteiger partial charge in [0.15, 0.2) is 0 Å². The highest BCUT2D eigenvalue weighted by Gasteiger charge is 2.38. The normalized spacial score (nSPS) is 18.1. The number of carbonyl (C=O) groups excluding carboxylic acids is 1. The lowest BCUT2D eigenvalue weighted by molar-refractivity contribution is -0.192. The zero-order valence-corrected chi connectivity index (χ0v) is 17.0. The Morgan fingerprint density at radius 2 is 1.88 bits per heavy atom. The number of furan rings is 1. The first-order valence-electron chi connectivity index (χ1n) is 9.98. The van der Waals surface area contributed by atoms with Crippen molar-refractivity contribution in [1.29, 1.82) is 0 Å². The number of piperidine rings is 1. The minimum Gasteiger partial charge on any atom is -0.475 e. The minimum absolute atomic E-state index is 0.122. The molecule has 0 atom stereocenters. The average molecular weight is 460 g/mol. The van der Waals surface area contributed by atoms with Crippen molar-refractivity contribution < 1.29 is 41.9 Å². The zero-order valence-electron chi connectivity index (χ0n) is 17.0. The fourth-order valence-electron chi connectivity index (χ4n) is 3.38. The monoisotopic (exact) mass is 460 g/mol. The van der Waals surface area contributed by atoms with Crippen molar-refractivity contribution in [3.63, 3.8) is 0 Å². The molecular weight excluding hydrogens is 437 g/mol. The topological polar surface area (TPSA) is 133 Å². The van der Waals surface area contributed by atoms with E-state index in [2.05, 4.69) is 15.0 Å². The average Bonchev–Trinajstić information content (AvgIpc) is 3.38. The summed E-state index contributed by atoms with van der Waals surface area (Å²) < 4.78 is 41.9. The van der Waals surface area contributed by atoms with Gasteiger partial charge in [-0.1, -0.05) is 5.16 Å². The van der Waals surface area contributed by atoms with E-state index < -0.39 is 12.1 Å². The number of nitrogens with zero attached hydrogens (tertiary/aromatic N) is 4. The molecule has 2 aliphatic rings. The van der Waals surface area contributed by atoms with Crippen molar-refractivity contribution in [2.75, 3.05) is 26.2 Å². The van der Waals surface area contributed by atoms with Crippen LogP contribution in [0.2, 0.25) is 0 Å². The standard InChI is InChI=1S/C17H22N4O4.C2HF3O2/c22-14-3-6-20(7-4-14)13-9-21(10-13)16(23)2-1-15-18-17(19-25-15)12-5-8-24-11-12;3-2(4,5)1(6)7/h5,8,11,13-14,22H,1-4,6-7,9-10H2;(H,6,7). The number of aromatic nitrogens is 2. The van der Waals surface area contributed by atoms with E-state index in [4.69, 9.17) is 18.8 Å². The van der Waals surface area contributed by atoms with Gasteiger partial charge in [-0.2, -0.15) is 18.2 Å². The van der Waals surface area contributed by atoms with Crippen molar-refractivity contribution in [3.8, 4) is 11.4 Å². The Bertz CT molecular complexity index is 887. The van der Waals surface area contributed by atoms with Gasteiger partial charge in [0.1, 0.15) is 6.26 Å². The first kappa shape index (κ1) is 23.7. The summed E-state index contributed by atoms with van der Waals surface area (Å²) in [6.45, 7) is 3.40. The Kier molecular flexibility index (Phi) is 7.51. The van der Waals surface area contributed by atoms with E-state index in [9.17, 15) is 23.1 Å². The van der Waals surface area contributed by atoms with E-state index in [-0.39, 0.29) is 12.0 Å². The van der Waals surface area contributed by atoms with Gasteiger partial charge in [0.25, 0.3) is 0 Å². The molecule has 0 bridgehead atoms. The number of hydrogen-bond acceptors (Lipinski definition) is 8. The highest BCUT2D eigenvalue weighted by Crippen LogP contribution is 2.21. The van der Waals surface area contributed by atoms with Crippen LogP contribution >= 0.6 is 0 Å². The predicted octanol–water partition coefficient (Wildman–Crippen LogP) is 1.56. The van der Waals surface area contributed by atoms with Gasteiger partial charge >= 0.3 is 12.1 Å². The lowest BCUT2D eigenvalue weighted by Crippen LogP contribution is -2.62. The summed E-state index contributed by atoms with van der Waals surface area (Å²) in [4.78, 5) is 29.7. The van der Waals surface area contributed by atoms with Gasteiger partial charge in [-0.25, -0.2) is 4.79 Å². The quantitative estimate of drug-likeness (QED) is 0.682. The molecule has 0 aromatic carbocycles. The van der Waals surface area contributed by atoms with Crippen molar-refractivity contribution in [2.45, 2.75) is 44.0 Å². The van der Waals surface area contributed by atoms with Crippen LogP contribution in [0.25, 0.3) is 11.4 Å². The van der Waals surface area contributed by atoms with Crippen LogP contribution in [0, 0.1) is 0 Å². The molecule has 13 heteroatoms. The third kappa shape index (κ3) is 6.29. The number of halogens is 3. The number of amides is 1. The number of aliphatic hydroxyl groups is 1. The van der Waals surface area contributed by atoms with Crippen LogP contribution in [0.15, 0.2) is 27.5 Å². The first-order chi connectivity index (χ1) is 15.1. The Balaban J connectivity index is 0.000000360. The minimum atomic E-state index is -5.08. The Morgan fingerprint density at radius 3 is 2.44 bits per heavy atom. The van der Waals surface area contributed by atoms with Gasteiger partial charge in [0.05, 0.1) is 17.9 Å². The van der Waals surface area contributed by atoms with Crippen LogP contribution in [0.3, 0.4) is 0 Å². The molecule has 10 nitrogen and oxygen atoms in total. The molecule has 2 N–H and O–H groups in total. The molecule has 176 valence electrons. The molecule has 0 aliphatic carbocycles. The second-order valence-corrected chi connectivity index (χ2v) is 7.55. The lowest BCUT2D eigenvalue weighted by atomic mass is 10.0. The molecule has 2 aromatic rings. The molecule has 2 fully saturated rings. The van der Waals surface area contributed by atoms with Gasteiger partial charge < -0.3 is 24.1 Å². The van der Waals surface area contributed by atoms with Crippen LogP contribution in [0.1, 0.15) is 25.2 Å². The Morgan fingerprint density at radius 1 is 1.22 bits per heavy atom. The van der Waals surface area contributed by atoms with Crippen molar-refractivity contribution in [2.24, 2.45) is 0 Å². The largest absolute Gasteiger partial charge is 0.490 e. The summed E-state index contributed by atoms with van der Waals surface area (Å²) in [6.07, 6.45) is 0.355. The summed E-state index contributed by atoms with van der Waals surface area (Å²) in [7, 11) is 0. The highest BCUT2D eigenvalue weighted by molar-refractivity contribution is 5.77. The number of aliphatic hydroxyl groups excluding tert-OH is 1. The number of hydrogen-bond donors (Lipinski definition) is 2. The van der Waals surface area contributed by atoms with Crippen LogP contribution < -0.4 is 0 Å². The molecule has 0 unspecified atom stereocenters. The van der Waals surface area contributed by atoms with E-state index in [0.29, 0.717) is 30.6 Å². The third-order valence-electron chi connectivity index (χ3n) is 5.27. The van der Waals surface area contributed by atoms with E-state index in [1.807, 2.05) is 4.90 Å². The number of rotatable bonds is 5. The number of aryl methyl sites for hydroxylation is 1. The summed E-state index contributed by atoms with van der Waals surface area (Å²) in [5, 5.41) is 20.6. The maximum absolute atomic E-state index is 12.3. The second-order valence-electron chi connectivity index (χ2n) is 7.55. The molecule has 0 saturated carbocycles. The maximum Gasteiger partial charge on any atom is 0.490 e. The smallest absolute Gasteiger partial charge is 0.475 e. The number of carboxylic acid groups (broad SMARTS) is 1. The first-order valence-corrected chi connectivity index (χ1v) is 9.98. The van der Waals surface area contributed by atoms with Gasteiger partial charge in [-0.3, -0.25) is 9.69 Å². The summed E-state index contributed by atoms with van der Waals surface area (Å²) in [5.74, 6) is -1.69. The summed E-state index contributed by atoms with van der Waals surface area (Å²) in [5.41, 5.74) is 0.763. The fourth-order valence-corrected chi connectivity index (χ4v) is 3.38. The molecule has 2 aliphatic heterocycles. The number of aliphatic carboxylic acids is 1. The van der Waals surface area contributed by atoms with E-state index >= 15 is 0 Å². The van der Waals surface area contributed by atoms with Crippen molar-refractivity contribution in [1.82, 2.24) is 19.9 Å². The van der Waals surface area contributed by atoms with E-state index in [0.717, 1.165) is 44.6 Å². The Hall–Kier alpha value is -2.93. The fraction of sp³-hybridized carbons (Fsp3) is 0.579. The van der Waals surface area contributed by atoms with Crippen molar-refractivity contribution >= 4 is 11.9 Å². The number of carbonyl (C=O) groups is 2. The van der Waals surface area contributed by atoms with E-state index in [1.54, 1.807) is 18.6 Å². The second kappa shape index (κ2) is 10.1. The van der Waals surface area contributed by atoms with Gasteiger partial charge in [0.2, 0.25) is 17.6 Å². The molecule has 1 amide bonds. The number of carboxylic acids is 1. The van der Waals surface area contributed by atoms with Gasteiger partial charge in [0, 0.05) is 45.1 Å². The number of likely N-dealkylation sites (tertiary alicyclic amines) is 2. The van der Waals surface area contributed by atoms with Crippen LogP contribution in [0.5, 0.6) is 0 Å². The molecule has 4 heterocycles. The maximum atomic E-state index is 12.3. The van der Waals surface area contributed by atoms with E-state index in [1.165, 1.54) is 0 Å².